The molecular formula is C10H15NO6S2. The van der Waals surface area contributed by atoms with Gasteiger partial charge in [-0.25, -0.2) is 17.9 Å². The molecule has 0 radical (unpaired) electrons. The molecule has 1 aromatic rings. The average Bonchev–Trinajstić information content (AvgIpc) is 2.78. The van der Waals surface area contributed by atoms with Gasteiger partial charge in [0.1, 0.15) is 9.77 Å². The Morgan fingerprint density at radius 3 is 2.79 bits per heavy atom. The first-order valence-electron chi connectivity index (χ1n) is 5.35. The van der Waals surface area contributed by atoms with Crippen molar-refractivity contribution >= 4 is 27.3 Å². The lowest BCUT2D eigenvalue weighted by Crippen LogP contribution is -2.38. The number of carbonyl (C=O) groups is 1. The Hall–Kier alpha value is -1.00. The second-order valence-electron chi connectivity index (χ2n) is 3.70. The smallest absolute Gasteiger partial charge is 0.347 e. The molecule has 0 aliphatic heterocycles. The number of carboxylic acids is 1. The second-order valence-corrected chi connectivity index (χ2v) is 6.30. The van der Waals surface area contributed by atoms with Crippen molar-refractivity contribution in [3.63, 3.8) is 0 Å². The zero-order chi connectivity index (χ0) is 14.5. The van der Waals surface area contributed by atoms with Gasteiger partial charge in [0.15, 0.2) is 0 Å². The van der Waals surface area contributed by atoms with E-state index in [9.17, 15) is 13.2 Å². The van der Waals surface area contributed by atoms with Gasteiger partial charge in [-0.1, -0.05) is 0 Å². The summed E-state index contributed by atoms with van der Waals surface area (Å²) < 4.78 is 31.3. The number of nitrogens with one attached hydrogen (secondary N) is 1. The molecule has 0 bridgehead atoms. The maximum absolute atomic E-state index is 12.1. The molecule has 108 valence electrons. The number of ether oxygens (including phenoxy) is 1. The van der Waals surface area contributed by atoms with Crippen LogP contribution in [0.3, 0.4) is 0 Å². The van der Waals surface area contributed by atoms with Gasteiger partial charge in [0.25, 0.3) is 0 Å². The number of rotatable bonds is 8. The van der Waals surface area contributed by atoms with E-state index in [4.69, 9.17) is 14.9 Å². The van der Waals surface area contributed by atoms with E-state index in [0.717, 1.165) is 11.3 Å². The standard InChI is InChI=1S/C10H15NO6S2/c1-17-6-7(2-4-12)11-19(15,16)8-3-5-18-9(8)10(13)14/h3,5,7,11-12H,2,4,6H2,1H3,(H,13,14). The summed E-state index contributed by atoms with van der Waals surface area (Å²) in [5.74, 6) is -1.29. The summed E-state index contributed by atoms with van der Waals surface area (Å²) in [4.78, 5) is 10.4. The lowest BCUT2D eigenvalue weighted by atomic mass is 10.2. The molecule has 1 unspecified atom stereocenters. The van der Waals surface area contributed by atoms with Crippen molar-refractivity contribution in [2.24, 2.45) is 0 Å². The van der Waals surface area contributed by atoms with Crippen LogP contribution in [0.1, 0.15) is 16.1 Å². The minimum atomic E-state index is -3.95. The van der Waals surface area contributed by atoms with Crippen molar-refractivity contribution in [2.75, 3.05) is 20.3 Å². The zero-order valence-electron chi connectivity index (χ0n) is 10.2. The fraction of sp³-hybridized carbons (Fsp3) is 0.500. The van der Waals surface area contributed by atoms with Crippen LogP contribution in [0.5, 0.6) is 0 Å². The normalized spacial score (nSPS) is 13.4. The van der Waals surface area contributed by atoms with Crippen LogP contribution in [0, 0.1) is 0 Å². The number of carboxylic acid groups (broad SMARTS) is 1. The monoisotopic (exact) mass is 309 g/mol. The maximum Gasteiger partial charge on any atom is 0.347 e. The van der Waals surface area contributed by atoms with Crippen LogP contribution in [0.4, 0.5) is 0 Å². The predicted molar refractivity (Wildman–Crippen MR) is 69.0 cm³/mol. The minimum Gasteiger partial charge on any atom is -0.477 e. The molecule has 3 N–H and O–H groups in total. The van der Waals surface area contributed by atoms with Gasteiger partial charge in [-0.2, -0.15) is 0 Å². The van der Waals surface area contributed by atoms with Crippen molar-refractivity contribution in [1.29, 1.82) is 0 Å². The van der Waals surface area contributed by atoms with E-state index in [1.165, 1.54) is 18.6 Å². The Morgan fingerprint density at radius 1 is 1.58 bits per heavy atom. The van der Waals surface area contributed by atoms with Gasteiger partial charge in [-0.3, -0.25) is 0 Å². The number of aromatic carboxylic acids is 1. The molecule has 1 aromatic heterocycles. The molecule has 1 heterocycles. The summed E-state index contributed by atoms with van der Waals surface area (Å²) in [6.45, 7) is -0.113. The molecule has 1 rings (SSSR count). The van der Waals surface area contributed by atoms with Crippen molar-refractivity contribution in [1.82, 2.24) is 4.72 Å². The van der Waals surface area contributed by atoms with E-state index in [-0.39, 0.29) is 29.4 Å². The van der Waals surface area contributed by atoms with Crippen LogP contribution >= 0.6 is 11.3 Å². The van der Waals surface area contributed by atoms with E-state index < -0.39 is 22.0 Å². The average molecular weight is 309 g/mol. The summed E-state index contributed by atoms with van der Waals surface area (Å²) in [7, 11) is -2.54. The van der Waals surface area contributed by atoms with Gasteiger partial charge in [0.2, 0.25) is 10.0 Å². The number of hydrogen-bond donors (Lipinski definition) is 3. The summed E-state index contributed by atoms with van der Waals surface area (Å²) in [5, 5.41) is 19.2. The molecule has 0 aromatic carbocycles. The van der Waals surface area contributed by atoms with E-state index in [0.29, 0.717) is 0 Å². The van der Waals surface area contributed by atoms with Crippen LogP contribution in [0.2, 0.25) is 0 Å². The van der Waals surface area contributed by atoms with Crippen molar-refractivity contribution < 1.29 is 28.2 Å². The molecule has 0 saturated heterocycles. The third-order valence-corrected chi connectivity index (χ3v) is 4.87. The first kappa shape index (κ1) is 16.1. The van der Waals surface area contributed by atoms with E-state index in [2.05, 4.69) is 4.72 Å². The van der Waals surface area contributed by atoms with Gasteiger partial charge in [0, 0.05) is 19.8 Å². The largest absolute Gasteiger partial charge is 0.477 e. The topological polar surface area (TPSA) is 113 Å². The first-order valence-corrected chi connectivity index (χ1v) is 7.71. The molecular weight excluding hydrogens is 294 g/mol. The van der Waals surface area contributed by atoms with Crippen LogP contribution < -0.4 is 4.72 Å². The first-order chi connectivity index (χ1) is 8.92. The quantitative estimate of drug-likeness (QED) is 0.629. The third-order valence-electron chi connectivity index (χ3n) is 2.28. The second kappa shape index (κ2) is 6.96. The molecule has 0 fully saturated rings. The van der Waals surface area contributed by atoms with Crippen molar-refractivity contribution in [2.45, 2.75) is 17.4 Å². The highest BCUT2D eigenvalue weighted by Gasteiger charge is 2.26. The Morgan fingerprint density at radius 2 is 2.26 bits per heavy atom. The Kier molecular flexibility index (Phi) is 5.88. The summed E-state index contributed by atoms with van der Waals surface area (Å²) in [5.41, 5.74) is 0. The number of aliphatic hydroxyl groups is 1. The van der Waals surface area contributed by atoms with E-state index in [1.807, 2.05) is 0 Å². The predicted octanol–water partition coefficient (Wildman–Crippen LogP) is 0.122. The van der Waals surface area contributed by atoms with Gasteiger partial charge in [0.05, 0.1) is 6.61 Å². The molecule has 9 heteroatoms. The van der Waals surface area contributed by atoms with Crippen LogP contribution in [0.15, 0.2) is 16.3 Å². The fourth-order valence-electron chi connectivity index (χ4n) is 1.48. The summed E-state index contributed by atoms with van der Waals surface area (Å²) in [6, 6.07) is 0.626. The highest BCUT2D eigenvalue weighted by Crippen LogP contribution is 2.22. The van der Waals surface area contributed by atoms with Gasteiger partial charge < -0.3 is 14.9 Å². The zero-order valence-corrected chi connectivity index (χ0v) is 11.8. The molecule has 0 saturated carbocycles. The molecule has 0 spiro atoms. The van der Waals surface area contributed by atoms with Crippen molar-refractivity contribution in [3.8, 4) is 0 Å². The van der Waals surface area contributed by atoms with Gasteiger partial charge in [-0.05, 0) is 17.9 Å². The number of hydrogen-bond acceptors (Lipinski definition) is 6. The minimum absolute atomic E-state index is 0.0896. The molecule has 1 atom stereocenters. The van der Waals surface area contributed by atoms with Crippen LogP contribution in [-0.4, -0.2) is 51.0 Å². The molecule has 19 heavy (non-hydrogen) atoms. The molecule has 0 aliphatic carbocycles. The highest BCUT2D eigenvalue weighted by atomic mass is 32.2. The van der Waals surface area contributed by atoms with Crippen LogP contribution in [0.25, 0.3) is 0 Å². The number of methoxy groups -OCH3 is 1. The molecule has 7 nitrogen and oxygen atoms in total. The Balaban J connectivity index is 2.96. The number of aliphatic hydroxyl groups excluding tert-OH is 1. The molecule has 0 amide bonds. The maximum atomic E-state index is 12.1. The molecule has 0 aliphatic rings. The highest BCUT2D eigenvalue weighted by molar-refractivity contribution is 7.89. The third kappa shape index (κ3) is 4.25. The van der Waals surface area contributed by atoms with E-state index >= 15 is 0 Å². The van der Waals surface area contributed by atoms with Gasteiger partial charge in [-0.15, -0.1) is 11.3 Å². The Labute approximate surface area is 114 Å². The summed E-state index contributed by atoms with van der Waals surface area (Å²) >= 11 is 0.839. The van der Waals surface area contributed by atoms with Crippen LogP contribution in [-0.2, 0) is 14.8 Å². The Bertz CT molecular complexity index is 518. The van der Waals surface area contributed by atoms with Crippen molar-refractivity contribution in [3.05, 3.63) is 16.3 Å². The van der Waals surface area contributed by atoms with Gasteiger partial charge >= 0.3 is 5.97 Å². The lowest BCUT2D eigenvalue weighted by molar-refractivity contribution is 0.0698. The lowest BCUT2D eigenvalue weighted by Gasteiger charge is -2.16. The summed E-state index contributed by atoms with van der Waals surface area (Å²) in [6.07, 6.45) is 0.180. The number of thiophene rings is 1. The number of sulfonamides is 1. The SMILES string of the molecule is COCC(CCO)NS(=O)(=O)c1ccsc1C(=O)O. The van der Waals surface area contributed by atoms with E-state index in [1.54, 1.807) is 0 Å². The fourth-order valence-corrected chi connectivity index (χ4v) is 4.00.